The van der Waals surface area contributed by atoms with Crippen LogP contribution in [0.25, 0.3) is 0 Å². The second kappa shape index (κ2) is 7.37. The number of hydrogen-bond acceptors (Lipinski definition) is 4. The number of sulfonamides is 1. The molecule has 0 saturated heterocycles. The largest absolute Gasteiger partial charge is 0.383 e. The summed E-state index contributed by atoms with van der Waals surface area (Å²) in [6, 6.07) is 7.90. The minimum Gasteiger partial charge on any atom is -0.383 e. The Morgan fingerprint density at radius 1 is 1.35 bits per heavy atom. The lowest BCUT2D eigenvalue weighted by molar-refractivity contribution is -0.125. The Balaban J connectivity index is 2.99. The maximum Gasteiger partial charge on any atom is 0.243 e. The van der Waals surface area contributed by atoms with Crippen molar-refractivity contribution in [3.63, 3.8) is 0 Å². The first-order valence-corrected chi connectivity index (χ1v) is 7.97. The van der Waals surface area contributed by atoms with Crippen LogP contribution in [0.1, 0.15) is 11.6 Å². The van der Waals surface area contributed by atoms with Gasteiger partial charge in [-0.3, -0.25) is 4.79 Å². The van der Waals surface area contributed by atoms with Crippen molar-refractivity contribution in [2.45, 2.75) is 6.04 Å². The van der Waals surface area contributed by atoms with Crippen LogP contribution in [0.4, 0.5) is 0 Å². The zero-order valence-corrected chi connectivity index (χ0v) is 12.7. The minimum absolute atomic E-state index is 0.330. The molecule has 0 saturated carbocycles. The van der Waals surface area contributed by atoms with Crippen molar-refractivity contribution < 1.29 is 17.9 Å². The van der Waals surface area contributed by atoms with Crippen LogP contribution in [0.2, 0.25) is 0 Å². The third-order valence-corrected chi connectivity index (χ3v) is 4.11. The molecule has 7 heteroatoms. The zero-order valence-electron chi connectivity index (χ0n) is 11.9. The van der Waals surface area contributed by atoms with Crippen molar-refractivity contribution in [1.29, 1.82) is 0 Å². The lowest BCUT2D eigenvalue weighted by Gasteiger charge is -2.25. The fraction of sp³-hybridized carbons (Fsp3) is 0.462. The van der Waals surface area contributed by atoms with Gasteiger partial charge in [-0.05, 0) is 5.56 Å². The van der Waals surface area contributed by atoms with Crippen molar-refractivity contribution in [2.75, 3.05) is 33.6 Å². The highest BCUT2D eigenvalue weighted by Crippen LogP contribution is 2.21. The molecule has 0 aliphatic carbocycles. The average Bonchev–Trinajstić information content (AvgIpc) is 2.39. The highest BCUT2D eigenvalue weighted by molar-refractivity contribution is 7.88. The molecule has 1 rings (SSSR count). The summed E-state index contributed by atoms with van der Waals surface area (Å²) >= 11 is 0. The van der Waals surface area contributed by atoms with Crippen molar-refractivity contribution >= 4 is 15.9 Å². The molecule has 1 aromatic rings. The standard InChI is InChI=1S/C13H20N2O4S/c1-15(20(3,17)18)12(11-7-5-4-6-8-11)13(16)14-9-10-19-2/h4-8,12H,9-10H2,1-3H3,(H,14,16)/t12-/m0/s1. The monoisotopic (exact) mass is 300 g/mol. The van der Waals surface area contributed by atoms with Crippen LogP contribution in [0.15, 0.2) is 30.3 Å². The fourth-order valence-electron chi connectivity index (χ4n) is 1.73. The smallest absolute Gasteiger partial charge is 0.243 e. The number of ether oxygens (including phenoxy) is 1. The van der Waals surface area contributed by atoms with Gasteiger partial charge >= 0.3 is 0 Å². The lowest BCUT2D eigenvalue weighted by Crippen LogP contribution is -2.42. The highest BCUT2D eigenvalue weighted by atomic mass is 32.2. The number of carbonyl (C=O) groups excluding carboxylic acids is 1. The molecule has 0 radical (unpaired) electrons. The molecule has 0 aliphatic heterocycles. The number of methoxy groups -OCH3 is 1. The van der Waals surface area contributed by atoms with E-state index in [0.29, 0.717) is 18.7 Å². The molecule has 1 aromatic carbocycles. The van der Waals surface area contributed by atoms with Gasteiger partial charge in [0.15, 0.2) is 0 Å². The van der Waals surface area contributed by atoms with Crippen LogP contribution in [0, 0.1) is 0 Å². The molecule has 1 amide bonds. The molecule has 0 bridgehead atoms. The van der Waals surface area contributed by atoms with E-state index in [0.717, 1.165) is 10.6 Å². The molecule has 1 atom stereocenters. The van der Waals surface area contributed by atoms with Gasteiger partial charge in [-0.15, -0.1) is 0 Å². The van der Waals surface area contributed by atoms with Crippen LogP contribution < -0.4 is 5.32 Å². The first kappa shape index (κ1) is 16.6. The molecule has 0 unspecified atom stereocenters. The second-order valence-corrected chi connectivity index (χ2v) is 6.42. The van der Waals surface area contributed by atoms with E-state index in [-0.39, 0.29) is 5.91 Å². The van der Waals surface area contributed by atoms with E-state index in [9.17, 15) is 13.2 Å². The summed E-state index contributed by atoms with van der Waals surface area (Å²) < 4.78 is 29.3. The fourth-order valence-corrected chi connectivity index (χ4v) is 2.33. The predicted molar refractivity (Wildman–Crippen MR) is 76.7 cm³/mol. The first-order chi connectivity index (χ1) is 9.38. The highest BCUT2D eigenvalue weighted by Gasteiger charge is 2.30. The van der Waals surface area contributed by atoms with Gasteiger partial charge in [-0.25, -0.2) is 8.42 Å². The summed E-state index contributed by atoms with van der Waals surface area (Å²) in [6.07, 6.45) is 1.07. The van der Waals surface area contributed by atoms with E-state index in [4.69, 9.17) is 4.74 Å². The third kappa shape index (κ3) is 4.59. The second-order valence-electron chi connectivity index (χ2n) is 4.38. The van der Waals surface area contributed by atoms with Gasteiger partial charge in [0.1, 0.15) is 6.04 Å². The number of rotatable bonds is 7. The molecule has 0 spiro atoms. The quantitative estimate of drug-likeness (QED) is 0.739. The molecular weight excluding hydrogens is 280 g/mol. The van der Waals surface area contributed by atoms with Crippen LogP contribution in [-0.2, 0) is 19.6 Å². The van der Waals surface area contributed by atoms with E-state index < -0.39 is 16.1 Å². The third-order valence-electron chi connectivity index (χ3n) is 2.86. The maximum absolute atomic E-state index is 12.2. The number of amides is 1. The Bertz CT molecular complexity index is 531. The van der Waals surface area contributed by atoms with Gasteiger partial charge in [0.2, 0.25) is 15.9 Å². The molecule has 1 N–H and O–H groups in total. The number of benzene rings is 1. The van der Waals surface area contributed by atoms with E-state index in [1.54, 1.807) is 24.3 Å². The summed E-state index contributed by atoms with van der Waals surface area (Å²) in [5.74, 6) is -0.374. The number of carbonyl (C=O) groups is 1. The number of hydrogen-bond donors (Lipinski definition) is 1. The molecular formula is C13H20N2O4S. The number of nitrogens with one attached hydrogen (secondary N) is 1. The Hall–Kier alpha value is -1.44. The molecule has 20 heavy (non-hydrogen) atoms. The molecule has 112 valence electrons. The van der Waals surface area contributed by atoms with Gasteiger partial charge in [0, 0.05) is 20.7 Å². The Labute approximate surface area is 119 Å². The van der Waals surface area contributed by atoms with Crippen LogP contribution in [-0.4, -0.2) is 52.2 Å². The Morgan fingerprint density at radius 3 is 2.45 bits per heavy atom. The van der Waals surface area contributed by atoms with E-state index in [1.807, 2.05) is 6.07 Å². The van der Waals surface area contributed by atoms with Crippen LogP contribution >= 0.6 is 0 Å². The SMILES string of the molecule is COCCNC(=O)[C@H](c1ccccc1)N(C)S(C)(=O)=O. The van der Waals surface area contributed by atoms with Gasteiger partial charge in [-0.2, -0.15) is 4.31 Å². The predicted octanol–water partition coefficient (Wildman–Crippen LogP) is 0.382. The number of likely N-dealkylation sites (N-methyl/N-ethyl adjacent to an activating group) is 1. The minimum atomic E-state index is -3.48. The topological polar surface area (TPSA) is 75.7 Å². The maximum atomic E-state index is 12.2. The molecule has 0 aromatic heterocycles. The van der Waals surface area contributed by atoms with Crippen LogP contribution in [0.3, 0.4) is 0 Å². The summed E-state index contributed by atoms with van der Waals surface area (Å²) in [6.45, 7) is 0.701. The van der Waals surface area contributed by atoms with Crippen LogP contribution in [0.5, 0.6) is 0 Å². The molecule has 6 nitrogen and oxygen atoms in total. The zero-order chi connectivity index (χ0) is 15.2. The van der Waals surface area contributed by atoms with E-state index >= 15 is 0 Å². The molecule has 0 heterocycles. The average molecular weight is 300 g/mol. The van der Waals surface area contributed by atoms with Gasteiger partial charge < -0.3 is 10.1 Å². The first-order valence-electron chi connectivity index (χ1n) is 6.12. The normalized spacial score (nSPS) is 13.2. The van der Waals surface area contributed by atoms with Gasteiger partial charge in [-0.1, -0.05) is 30.3 Å². The summed E-state index contributed by atoms with van der Waals surface area (Å²) in [5, 5.41) is 2.67. The summed E-state index contributed by atoms with van der Waals surface area (Å²) in [7, 11) is -0.562. The van der Waals surface area contributed by atoms with Gasteiger partial charge in [0.25, 0.3) is 0 Å². The van der Waals surface area contributed by atoms with Crippen molar-refractivity contribution in [3.8, 4) is 0 Å². The van der Waals surface area contributed by atoms with Crippen molar-refractivity contribution in [2.24, 2.45) is 0 Å². The lowest BCUT2D eigenvalue weighted by atomic mass is 10.1. The number of nitrogens with zero attached hydrogens (tertiary/aromatic N) is 1. The Morgan fingerprint density at radius 2 is 1.95 bits per heavy atom. The molecule has 0 fully saturated rings. The Kier molecular flexibility index (Phi) is 6.12. The van der Waals surface area contributed by atoms with E-state index in [1.165, 1.54) is 14.2 Å². The van der Waals surface area contributed by atoms with E-state index in [2.05, 4.69) is 5.32 Å². The summed E-state index contributed by atoms with van der Waals surface area (Å²) in [4.78, 5) is 12.2. The molecule has 0 aliphatic rings. The summed E-state index contributed by atoms with van der Waals surface area (Å²) in [5.41, 5.74) is 0.621. The van der Waals surface area contributed by atoms with Crippen molar-refractivity contribution in [1.82, 2.24) is 9.62 Å². The van der Waals surface area contributed by atoms with Crippen molar-refractivity contribution in [3.05, 3.63) is 35.9 Å². The van der Waals surface area contributed by atoms with Gasteiger partial charge in [0.05, 0.1) is 12.9 Å².